The molecule has 10 heteroatoms. The molecule has 0 unspecified atom stereocenters. The second-order valence-corrected chi connectivity index (χ2v) is 10.5. The highest BCUT2D eigenvalue weighted by atomic mass is 35.5. The van der Waals surface area contributed by atoms with E-state index in [0.717, 1.165) is 34.7 Å². The number of amides is 2. The highest BCUT2D eigenvalue weighted by molar-refractivity contribution is 7.92. The third kappa shape index (κ3) is 7.70. The zero-order valence-electron chi connectivity index (χ0n) is 19.8. The number of anilines is 1. The molecule has 0 aromatic heterocycles. The number of sulfonamides is 1. The number of benzene rings is 2. The minimum absolute atomic E-state index is 0.0826. The molecule has 0 aliphatic rings. The van der Waals surface area contributed by atoms with Crippen LogP contribution in [-0.2, 0) is 26.2 Å². The molecule has 2 atom stereocenters. The van der Waals surface area contributed by atoms with E-state index in [9.17, 15) is 22.4 Å². The molecule has 0 aliphatic heterocycles. The van der Waals surface area contributed by atoms with Crippen molar-refractivity contribution in [3.8, 4) is 0 Å². The number of nitrogens with one attached hydrogen (secondary N) is 1. The first-order valence-corrected chi connectivity index (χ1v) is 13.3. The number of rotatable bonds is 11. The maximum Gasteiger partial charge on any atom is 0.244 e. The fourth-order valence-corrected chi connectivity index (χ4v) is 4.34. The second kappa shape index (κ2) is 12.2. The third-order valence-electron chi connectivity index (χ3n) is 5.45. The maximum absolute atomic E-state index is 13.5. The Balaban J connectivity index is 2.41. The van der Waals surface area contributed by atoms with Gasteiger partial charge in [0.05, 0.1) is 11.9 Å². The summed E-state index contributed by atoms with van der Waals surface area (Å²) in [7, 11) is -3.87. The Morgan fingerprint density at radius 2 is 1.62 bits per heavy atom. The van der Waals surface area contributed by atoms with Crippen LogP contribution in [0.15, 0.2) is 48.5 Å². The molecule has 2 amide bonds. The molecule has 34 heavy (non-hydrogen) atoms. The Kier molecular flexibility index (Phi) is 9.88. The first-order chi connectivity index (χ1) is 16.0. The van der Waals surface area contributed by atoms with Gasteiger partial charge in [-0.1, -0.05) is 37.6 Å². The molecular formula is C24H31ClFN3O4S. The highest BCUT2D eigenvalue weighted by Crippen LogP contribution is 2.20. The third-order valence-corrected chi connectivity index (χ3v) is 6.84. The van der Waals surface area contributed by atoms with Crippen molar-refractivity contribution in [3.63, 3.8) is 0 Å². The molecule has 1 N–H and O–H groups in total. The minimum Gasteiger partial charge on any atom is -0.352 e. The fourth-order valence-electron chi connectivity index (χ4n) is 3.37. The summed E-state index contributed by atoms with van der Waals surface area (Å²) in [6.07, 6.45) is 2.02. The van der Waals surface area contributed by atoms with Crippen LogP contribution in [0.1, 0.15) is 39.2 Å². The molecule has 0 aliphatic carbocycles. The monoisotopic (exact) mass is 511 g/mol. The van der Waals surface area contributed by atoms with E-state index < -0.39 is 34.3 Å². The topological polar surface area (TPSA) is 86.8 Å². The van der Waals surface area contributed by atoms with Crippen LogP contribution >= 0.6 is 11.6 Å². The van der Waals surface area contributed by atoms with Gasteiger partial charge in [-0.05, 0) is 61.7 Å². The lowest BCUT2D eigenvalue weighted by Crippen LogP contribution is -2.53. The molecular weight excluding hydrogens is 481 g/mol. The van der Waals surface area contributed by atoms with Gasteiger partial charge in [-0.3, -0.25) is 13.9 Å². The van der Waals surface area contributed by atoms with Gasteiger partial charge in [-0.15, -0.1) is 0 Å². The van der Waals surface area contributed by atoms with E-state index in [2.05, 4.69) is 5.32 Å². The first-order valence-electron chi connectivity index (χ1n) is 11.0. The van der Waals surface area contributed by atoms with Gasteiger partial charge in [-0.25, -0.2) is 12.8 Å². The molecule has 2 aromatic carbocycles. The average molecular weight is 512 g/mol. The Hall–Kier alpha value is -2.65. The summed E-state index contributed by atoms with van der Waals surface area (Å²) in [5, 5.41) is 3.44. The Bertz CT molecular complexity index is 1080. The predicted octanol–water partition coefficient (Wildman–Crippen LogP) is 3.97. The van der Waals surface area contributed by atoms with Crippen molar-refractivity contribution in [1.29, 1.82) is 0 Å². The van der Waals surface area contributed by atoms with Crippen LogP contribution in [0, 0.1) is 5.82 Å². The van der Waals surface area contributed by atoms with E-state index in [0.29, 0.717) is 11.4 Å². The van der Waals surface area contributed by atoms with Crippen LogP contribution in [0.3, 0.4) is 0 Å². The number of halogens is 2. The van der Waals surface area contributed by atoms with Gasteiger partial charge in [-0.2, -0.15) is 0 Å². The number of hydrogen-bond acceptors (Lipinski definition) is 4. The van der Waals surface area contributed by atoms with Crippen LogP contribution in [0.5, 0.6) is 0 Å². The smallest absolute Gasteiger partial charge is 0.244 e. The van der Waals surface area contributed by atoms with Crippen LogP contribution in [-0.4, -0.2) is 50.0 Å². The van der Waals surface area contributed by atoms with E-state index in [-0.39, 0.29) is 24.2 Å². The van der Waals surface area contributed by atoms with Crippen molar-refractivity contribution >= 4 is 39.1 Å². The van der Waals surface area contributed by atoms with Gasteiger partial charge in [0.1, 0.15) is 18.4 Å². The van der Waals surface area contributed by atoms with E-state index >= 15 is 0 Å². The van der Waals surface area contributed by atoms with Gasteiger partial charge >= 0.3 is 0 Å². The lowest BCUT2D eigenvalue weighted by atomic mass is 10.1. The average Bonchev–Trinajstić information content (AvgIpc) is 2.78. The van der Waals surface area contributed by atoms with Crippen molar-refractivity contribution in [3.05, 3.63) is 64.9 Å². The number of hydrogen-bond donors (Lipinski definition) is 1. The minimum atomic E-state index is -3.87. The van der Waals surface area contributed by atoms with Crippen LogP contribution in [0.25, 0.3) is 0 Å². The Morgan fingerprint density at radius 3 is 2.12 bits per heavy atom. The van der Waals surface area contributed by atoms with E-state index in [4.69, 9.17) is 11.6 Å². The summed E-state index contributed by atoms with van der Waals surface area (Å²) in [6, 6.07) is 10.8. The first kappa shape index (κ1) is 27.6. The summed E-state index contributed by atoms with van der Waals surface area (Å²) >= 11 is 5.98. The zero-order chi connectivity index (χ0) is 25.5. The van der Waals surface area contributed by atoms with E-state index in [1.165, 1.54) is 17.0 Å². The lowest BCUT2D eigenvalue weighted by molar-refractivity contribution is -0.140. The maximum atomic E-state index is 13.5. The van der Waals surface area contributed by atoms with Crippen LogP contribution in [0.4, 0.5) is 10.1 Å². The van der Waals surface area contributed by atoms with Crippen molar-refractivity contribution in [1.82, 2.24) is 10.2 Å². The van der Waals surface area contributed by atoms with Crippen LogP contribution in [0.2, 0.25) is 5.02 Å². The van der Waals surface area contributed by atoms with Crippen LogP contribution < -0.4 is 9.62 Å². The van der Waals surface area contributed by atoms with Crippen molar-refractivity contribution in [2.24, 2.45) is 0 Å². The second-order valence-electron chi connectivity index (χ2n) is 8.14. The zero-order valence-corrected chi connectivity index (χ0v) is 21.4. The summed E-state index contributed by atoms with van der Waals surface area (Å²) in [6.45, 7) is 5.15. The molecule has 0 heterocycles. The van der Waals surface area contributed by atoms with Crippen molar-refractivity contribution < 1.29 is 22.4 Å². The number of nitrogens with zero attached hydrogens (tertiary/aromatic N) is 2. The summed E-state index contributed by atoms with van der Waals surface area (Å²) in [5.41, 5.74) is 0.890. The standard InChI is InChI=1S/C24H31ClFN3O4S/c1-5-17(3)27-24(31)22(6-2)28(15-18-7-9-19(25)10-8-18)23(30)16-29(34(4,32)33)21-13-11-20(26)12-14-21/h7-14,17,22H,5-6,15-16H2,1-4H3,(H,27,31)/t17-,22+/m1/s1. The van der Waals surface area contributed by atoms with E-state index in [1.807, 2.05) is 13.8 Å². The van der Waals surface area contributed by atoms with Gasteiger partial charge < -0.3 is 10.2 Å². The predicted molar refractivity (Wildman–Crippen MR) is 133 cm³/mol. The largest absolute Gasteiger partial charge is 0.352 e. The summed E-state index contributed by atoms with van der Waals surface area (Å²) in [4.78, 5) is 27.9. The Morgan fingerprint density at radius 1 is 1.03 bits per heavy atom. The molecule has 186 valence electrons. The molecule has 0 spiro atoms. The summed E-state index contributed by atoms with van der Waals surface area (Å²) < 4.78 is 39.3. The molecule has 0 fully saturated rings. The molecule has 7 nitrogen and oxygen atoms in total. The summed E-state index contributed by atoms with van der Waals surface area (Å²) in [5.74, 6) is -1.40. The molecule has 2 aromatic rings. The van der Waals surface area contributed by atoms with Gasteiger partial charge in [0.25, 0.3) is 0 Å². The van der Waals surface area contributed by atoms with Crippen molar-refractivity contribution in [2.45, 2.75) is 52.2 Å². The van der Waals surface area contributed by atoms with Gasteiger partial charge in [0.2, 0.25) is 21.8 Å². The number of carbonyl (C=O) groups excluding carboxylic acids is 2. The highest BCUT2D eigenvalue weighted by Gasteiger charge is 2.32. The molecule has 0 radical (unpaired) electrons. The quantitative estimate of drug-likeness (QED) is 0.494. The molecule has 0 saturated heterocycles. The van der Waals surface area contributed by atoms with Crippen molar-refractivity contribution in [2.75, 3.05) is 17.1 Å². The fraction of sp³-hybridized carbons (Fsp3) is 0.417. The van der Waals surface area contributed by atoms with Gasteiger partial charge in [0.15, 0.2) is 0 Å². The Labute approximate surface area is 205 Å². The van der Waals surface area contributed by atoms with Gasteiger partial charge in [0, 0.05) is 17.6 Å². The molecule has 2 rings (SSSR count). The lowest BCUT2D eigenvalue weighted by Gasteiger charge is -2.33. The van der Waals surface area contributed by atoms with E-state index in [1.54, 1.807) is 31.2 Å². The molecule has 0 saturated carbocycles. The SMILES string of the molecule is CC[C@@H](C)NC(=O)[C@H](CC)N(Cc1ccc(Cl)cc1)C(=O)CN(c1ccc(F)cc1)S(C)(=O)=O. The molecule has 0 bridgehead atoms. The normalized spacial score (nSPS) is 13.1. The number of carbonyl (C=O) groups is 2.